The van der Waals surface area contributed by atoms with Crippen molar-refractivity contribution in [2.24, 2.45) is 5.73 Å². The zero-order chi connectivity index (χ0) is 30.4. The molecule has 42 heavy (non-hydrogen) atoms. The normalized spacial score (nSPS) is 15.0. The number of nitrogens with two attached hydrogens (primary N) is 1. The summed E-state index contributed by atoms with van der Waals surface area (Å²) in [6.07, 6.45) is 1.97. The van der Waals surface area contributed by atoms with Gasteiger partial charge in [-0.15, -0.1) is 0 Å². The molecule has 10 N–H and O–H groups in total. The predicted octanol–water partition coefficient (Wildman–Crippen LogP) is -0.326. The first kappa shape index (κ1) is 30.2. The highest BCUT2D eigenvalue weighted by atomic mass is 16.4. The maximum atomic E-state index is 13.7. The van der Waals surface area contributed by atoms with Gasteiger partial charge in [0.05, 0.1) is 12.7 Å². The van der Waals surface area contributed by atoms with Crippen LogP contribution in [0.4, 0.5) is 0 Å². The molecule has 0 aliphatic carbocycles. The fraction of sp³-hybridized carbons (Fsp3) is 0.310. The number of fused-ring (bicyclic) bond motifs is 2. The Bertz CT molecular complexity index is 1580. The van der Waals surface area contributed by atoms with Crippen molar-refractivity contribution in [1.82, 2.24) is 25.9 Å². The molecule has 13 heteroatoms. The Balaban J connectivity index is 1.64. The molecule has 222 valence electrons. The molecule has 2 aromatic heterocycles. The summed E-state index contributed by atoms with van der Waals surface area (Å²) in [7, 11) is 0. The number of hydrogen-bond donors (Lipinski definition) is 9. The van der Waals surface area contributed by atoms with E-state index < -0.39 is 60.6 Å². The number of carboxylic acid groups (broad SMARTS) is 1. The molecule has 2 heterocycles. The second-order valence-corrected chi connectivity index (χ2v) is 10.1. The van der Waals surface area contributed by atoms with Gasteiger partial charge < -0.3 is 47.0 Å². The minimum atomic E-state index is -1.62. The van der Waals surface area contributed by atoms with Crippen molar-refractivity contribution in [3.63, 3.8) is 0 Å². The van der Waals surface area contributed by atoms with Crippen molar-refractivity contribution < 1.29 is 34.5 Å². The van der Waals surface area contributed by atoms with E-state index >= 15 is 0 Å². The molecule has 0 radical (unpaired) electrons. The third-order valence-corrected chi connectivity index (χ3v) is 7.04. The largest absolute Gasteiger partial charge is 0.480 e. The summed E-state index contributed by atoms with van der Waals surface area (Å²) in [4.78, 5) is 57.6. The van der Waals surface area contributed by atoms with Crippen LogP contribution in [0.25, 0.3) is 21.8 Å². The Morgan fingerprint density at radius 1 is 0.786 bits per heavy atom. The van der Waals surface area contributed by atoms with Crippen LogP contribution in [0.15, 0.2) is 60.9 Å². The number of para-hydroxylation sites is 2. The molecule has 3 amide bonds. The van der Waals surface area contributed by atoms with Crippen molar-refractivity contribution in [1.29, 1.82) is 0 Å². The number of rotatable bonds is 13. The SMILES string of the molecule is CC(O)C(NC(=O)C(Cc1c[nH]c2ccccc12)NC(=O)C(Cc1c[nH]c2ccccc12)NC(=O)C(N)CO)C(=O)O. The van der Waals surface area contributed by atoms with Gasteiger partial charge in [0.2, 0.25) is 17.7 Å². The number of amides is 3. The molecule has 0 saturated carbocycles. The van der Waals surface area contributed by atoms with Crippen molar-refractivity contribution in [3.05, 3.63) is 72.1 Å². The van der Waals surface area contributed by atoms with E-state index in [-0.39, 0.29) is 12.8 Å². The van der Waals surface area contributed by atoms with E-state index in [1.54, 1.807) is 12.4 Å². The lowest BCUT2D eigenvalue weighted by Crippen LogP contribution is -2.59. The molecular weight excluding hydrogens is 544 g/mol. The molecule has 13 nitrogen and oxygen atoms in total. The van der Waals surface area contributed by atoms with Gasteiger partial charge in [0.25, 0.3) is 0 Å². The number of carbonyl (C=O) groups is 4. The Labute approximate surface area is 240 Å². The van der Waals surface area contributed by atoms with E-state index in [0.29, 0.717) is 11.1 Å². The Morgan fingerprint density at radius 3 is 1.69 bits per heavy atom. The second-order valence-electron chi connectivity index (χ2n) is 10.1. The van der Waals surface area contributed by atoms with Gasteiger partial charge in [0.15, 0.2) is 6.04 Å². The van der Waals surface area contributed by atoms with Crippen LogP contribution in [0, 0.1) is 0 Å². The van der Waals surface area contributed by atoms with Crippen LogP contribution in [0.3, 0.4) is 0 Å². The average Bonchev–Trinajstić information content (AvgIpc) is 3.58. The van der Waals surface area contributed by atoms with Crippen LogP contribution in [0.5, 0.6) is 0 Å². The van der Waals surface area contributed by atoms with Gasteiger partial charge in [0.1, 0.15) is 18.1 Å². The smallest absolute Gasteiger partial charge is 0.328 e. The van der Waals surface area contributed by atoms with Crippen LogP contribution in [0.1, 0.15) is 18.1 Å². The fourth-order valence-corrected chi connectivity index (χ4v) is 4.74. The Kier molecular flexibility index (Phi) is 9.57. The number of carbonyl (C=O) groups excluding carboxylic acids is 3. The molecule has 4 aromatic rings. The van der Waals surface area contributed by atoms with Gasteiger partial charge in [-0.05, 0) is 30.2 Å². The lowest BCUT2D eigenvalue weighted by molar-refractivity contribution is -0.145. The molecule has 0 saturated heterocycles. The lowest BCUT2D eigenvalue weighted by Gasteiger charge is -2.25. The molecule has 5 atom stereocenters. The highest BCUT2D eigenvalue weighted by Crippen LogP contribution is 2.21. The van der Waals surface area contributed by atoms with E-state index in [4.69, 9.17) is 5.73 Å². The Hall–Kier alpha value is -4.72. The second kappa shape index (κ2) is 13.3. The van der Waals surface area contributed by atoms with E-state index in [2.05, 4.69) is 25.9 Å². The summed E-state index contributed by atoms with van der Waals surface area (Å²) in [6.45, 7) is 0.582. The van der Waals surface area contributed by atoms with Crippen LogP contribution in [-0.4, -0.2) is 85.9 Å². The summed E-state index contributed by atoms with van der Waals surface area (Å²) in [5.74, 6) is -3.79. The van der Waals surface area contributed by atoms with E-state index in [1.807, 2.05) is 48.5 Å². The van der Waals surface area contributed by atoms with Crippen LogP contribution in [0.2, 0.25) is 0 Å². The number of aliphatic carboxylic acids is 1. The first-order valence-electron chi connectivity index (χ1n) is 13.4. The zero-order valence-electron chi connectivity index (χ0n) is 22.8. The van der Waals surface area contributed by atoms with Crippen LogP contribution >= 0.6 is 0 Å². The predicted molar refractivity (Wildman–Crippen MR) is 154 cm³/mol. The number of aliphatic hydroxyl groups excluding tert-OH is 2. The number of carboxylic acids is 1. The summed E-state index contributed by atoms with van der Waals surface area (Å²) < 4.78 is 0. The number of benzene rings is 2. The highest BCUT2D eigenvalue weighted by Gasteiger charge is 2.33. The first-order chi connectivity index (χ1) is 20.1. The standard InChI is InChI=1S/C29H34N6O7/c1-15(37)25(29(41)42)35-28(40)24(11-17-13-32-22-9-5-3-7-19(17)22)34-27(39)23(33-26(38)20(30)14-36)10-16-12-31-21-8-4-2-6-18(16)21/h2-9,12-13,15,20,23-25,31-32,36-37H,10-11,14,30H2,1H3,(H,33,38)(H,34,39)(H,35,40)(H,41,42). The summed E-state index contributed by atoms with van der Waals surface area (Å²) in [5.41, 5.74) is 8.69. The van der Waals surface area contributed by atoms with Crippen LogP contribution < -0.4 is 21.7 Å². The maximum Gasteiger partial charge on any atom is 0.328 e. The van der Waals surface area contributed by atoms with Gasteiger partial charge in [-0.3, -0.25) is 14.4 Å². The number of H-pyrrole nitrogens is 2. The number of hydrogen-bond acceptors (Lipinski definition) is 7. The van der Waals surface area contributed by atoms with E-state index in [1.165, 1.54) is 6.92 Å². The van der Waals surface area contributed by atoms with Crippen molar-refractivity contribution in [3.8, 4) is 0 Å². The third-order valence-electron chi connectivity index (χ3n) is 7.04. The van der Waals surface area contributed by atoms with Gasteiger partial charge in [-0.2, -0.15) is 0 Å². The molecule has 0 aliphatic rings. The first-order valence-corrected chi connectivity index (χ1v) is 13.4. The minimum absolute atomic E-state index is 0.0204. The number of nitrogens with one attached hydrogen (secondary N) is 5. The van der Waals surface area contributed by atoms with Crippen molar-refractivity contribution in [2.45, 2.75) is 50.0 Å². The van der Waals surface area contributed by atoms with Crippen molar-refractivity contribution in [2.75, 3.05) is 6.61 Å². The third kappa shape index (κ3) is 6.94. The topological polar surface area (TPSA) is 223 Å². The molecule has 5 unspecified atom stereocenters. The number of aromatic amines is 2. The fourth-order valence-electron chi connectivity index (χ4n) is 4.74. The van der Waals surface area contributed by atoms with Gasteiger partial charge in [-0.25, -0.2) is 4.79 Å². The van der Waals surface area contributed by atoms with E-state index in [0.717, 1.165) is 21.8 Å². The Morgan fingerprint density at radius 2 is 1.24 bits per heavy atom. The molecular formula is C29H34N6O7. The van der Waals surface area contributed by atoms with Gasteiger partial charge in [0, 0.05) is 47.0 Å². The van der Waals surface area contributed by atoms with Gasteiger partial charge >= 0.3 is 5.97 Å². The highest BCUT2D eigenvalue weighted by molar-refractivity contribution is 5.95. The number of aromatic nitrogens is 2. The lowest BCUT2D eigenvalue weighted by atomic mass is 10.0. The zero-order valence-corrected chi connectivity index (χ0v) is 22.8. The quantitative estimate of drug-likeness (QED) is 0.102. The van der Waals surface area contributed by atoms with Gasteiger partial charge in [-0.1, -0.05) is 36.4 Å². The number of aliphatic hydroxyl groups is 2. The van der Waals surface area contributed by atoms with E-state index in [9.17, 15) is 34.5 Å². The summed E-state index contributed by atoms with van der Waals surface area (Å²) >= 11 is 0. The maximum absolute atomic E-state index is 13.7. The molecule has 0 fully saturated rings. The molecule has 4 rings (SSSR count). The summed E-state index contributed by atoms with van der Waals surface area (Å²) in [6, 6.07) is 9.33. The average molecular weight is 579 g/mol. The molecule has 0 bridgehead atoms. The van der Waals surface area contributed by atoms with Crippen LogP contribution in [-0.2, 0) is 32.0 Å². The molecule has 0 aliphatic heterocycles. The summed E-state index contributed by atoms with van der Waals surface area (Å²) in [5, 5.41) is 37.9. The van der Waals surface area contributed by atoms with Crippen molar-refractivity contribution >= 4 is 45.5 Å². The minimum Gasteiger partial charge on any atom is -0.480 e. The molecule has 0 spiro atoms. The molecule has 2 aromatic carbocycles. The monoisotopic (exact) mass is 578 g/mol.